The van der Waals surface area contributed by atoms with Crippen molar-refractivity contribution < 1.29 is 9.53 Å². The molecule has 1 aliphatic carbocycles. The van der Waals surface area contributed by atoms with Crippen molar-refractivity contribution in [1.29, 1.82) is 0 Å². The molecule has 0 saturated heterocycles. The second kappa shape index (κ2) is 5.84. The molecule has 0 aliphatic heterocycles. The lowest BCUT2D eigenvalue weighted by molar-refractivity contribution is 0.0910. The van der Waals surface area contributed by atoms with Gasteiger partial charge < -0.3 is 4.74 Å². The largest absolute Gasteiger partial charge is 0.497 e. The predicted octanol–water partition coefficient (Wildman–Crippen LogP) is 3.99. The average Bonchev–Trinajstić information content (AvgIpc) is 2.85. The third-order valence-electron chi connectivity index (χ3n) is 4.40. The summed E-state index contributed by atoms with van der Waals surface area (Å²) >= 11 is 0. The van der Waals surface area contributed by atoms with Crippen LogP contribution in [0.2, 0.25) is 0 Å². The molecule has 1 aromatic heterocycles. The van der Waals surface area contributed by atoms with Crippen LogP contribution in [0.3, 0.4) is 0 Å². The topological polar surface area (TPSA) is 44.1 Å². The predicted molar refractivity (Wildman–Crippen MR) is 90.5 cm³/mol. The van der Waals surface area contributed by atoms with Crippen LogP contribution in [-0.4, -0.2) is 22.7 Å². The van der Waals surface area contributed by atoms with Gasteiger partial charge in [-0.05, 0) is 30.4 Å². The number of rotatable bonds is 4. The van der Waals surface area contributed by atoms with Crippen molar-refractivity contribution in [3.63, 3.8) is 0 Å². The molecule has 2 aromatic rings. The number of nitrogens with zero attached hydrogens (tertiary/aromatic N) is 2. The molecule has 122 valence electrons. The summed E-state index contributed by atoms with van der Waals surface area (Å²) in [6.45, 7) is 6.42. The Morgan fingerprint density at radius 1 is 1.30 bits per heavy atom. The fourth-order valence-corrected chi connectivity index (χ4v) is 3.40. The number of carbonyl (C=O) groups excluding carboxylic acids is 1. The summed E-state index contributed by atoms with van der Waals surface area (Å²) in [6.07, 6.45) is 3.28. The van der Waals surface area contributed by atoms with Crippen LogP contribution in [-0.2, 0) is 12.8 Å². The van der Waals surface area contributed by atoms with Crippen LogP contribution in [0.25, 0.3) is 5.69 Å². The Bertz CT molecular complexity index is 744. The highest BCUT2D eigenvalue weighted by Crippen LogP contribution is 2.37. The minimum Gasteiger partial charge on any atom is -0.497 e. The van der Waals surface area contributed by atoms with E-state index in [1.54, 1.807) is 7.11 Å². The molecule has 0 unspecified atom stereocenters. The number of aryl methyl sites for hydroxylation is 1. The Balaban J connectivity index is 2.17. The van der Waals surface area contributed by atoms with E-state index in [1.165, 1.54) is 0 Å². The lowest BCUT2D eigenvalue weighted by Gasteiger charge is -2.29. The van der Waals surface area contributed by atoms with Crippen LogP contribution in [0.5, 0.6) is 5.75 Å². The Morgan fingerprint density at radius 2 is 2.09 bits per heavy atom. The van der Waals surface area contributed by atoms with Gasteiger partial charge in [0.05, 0.1) is 29.7 Å². The minimum atomic E-state index is -0.0236. The maximum absolute atomic E-state index is 12.7. The molecular weight excluding hydrogens is 288 g/mol. The summed E-state index contributed by atoms with van der Waals surface area (Å²) in [6, 6.07) is 7.85. The SMILES string of the molecule is CCCc1nn(-c2cccc(OC)c2)c2c1C(=O)CC(C)(C)C2. The molecule has 0 N–H and O–H groups in total. The Labute approximate surface area is 137 Å². The molecule has 0 amide bonds. The van der Waals surface area contributed by atoms with E-state index in [-0.39, 0.29) is 11.2 Å². The van der Waals surface area contributed by atoms with E-state index in [0.29, 0.717) is 6.42 Å². The zero-order valence-corrected chi connectivity index (χ0v) is 14.3. The van der Waals surface area contributed by atoms with Crippen LogP contribution in [0.1, 0.15) is 55.4 Å². The van der Waals surface area contributed by atoms with Gasteiger partial charge in [-0.15, -0.1) is 0 Å². The van der Waals surface area contributed by atoms with Gasteiger partial charge >= 0.3 is 0 Å². The van der Waals surface area contributed by atoms with Crippen molar-refractivity contribution in [1.82, 2.24) is 9.78 Å². The van der Waals surface area contributed by atoms with E-state index >= 15 is 0 Å². The zero-order chi connectivity index (χ0) is 16.6. The van der Waals surface area contributed by atoms with E-state index in [4.69, 9.17) is 9.84 Å². The van der Waals surface area contributed by atoms with Gasteiger partial charge in [-0.2, -0.15) is 5.10 Å². The van der Waals surface area contributed by atoms with E-state index in [0.717, 1.165) is 47.7 Å². The Hall–Kier alpha value is -2.10. The molecule has 3 rings (SSSR count). The Kier molecular flexibility index (Phi) is 4.00. The monoisotopic (exact) mass is 312 g/mol. The summed E-state index contributed by atoms with van der Waals surface area (Å²) in [5, 5.41) is 4.78. The van der Waals surface area contributed by atoms with Crippen LogP contribution in [0.4, 0.5) is 0 Å². The molecule has 0 fully saturated rings. The van der Waals surface area contributed by atoms with Crippen molar-refractivity contribution in [2.45, 2.75) is 46.5 Å². The lowest BCUT2D eigenvalue weighted by atomic mass is 9.75. The van der Waals surface area contributed by atoms with Crippen molar-refractivity contribution >= 4 is 5.78 Å². The van der Waals surface area contributed by atoms with E-state index in [1.807, 2.05) is 28.9 Å². The highest BCUT2D eigenvalue weighted by Gasteiger charge is 2.36. The Morgan fingerprint density at radius 3 is 2.78 bits per heavy atom. The number of hydrogen-bond acceptors (Lipinski definition) is 3. The highest BCUT2D eigenvalue weighted by atomic mass is 16.5. The van der Waals surface area contributed by atoms with Gasteiger partial charge in [-0.1, -0.05) is 33.3 Å². The molecule has 0 saturated carbocycles. The van der Waals surface area contributed by atoms with Crippen molar-refractivity contribution in [2.24, 2.45) is 5.41 Å². The van der Waals surface area contributed by atoms with Crippen molar-refractivity contribution in [2.75, 3.05) is 7.11 Å². The van der Waals surface area contributed by atoms with Crippen LogP contribution >= 0.6 is 0 Å². The summed E-state index contributed by atoms with van der Waals surface area (Å²) in [5.41, 5.74) is 3.76. The van der Waals surface area contributed by atoms with Gasteiger partial charge in [0, 0.05) is 12.5 Å². The second-order valence-corrected chi connectivity index (χ2v) is 7.07. The van der Waals surface area contributed by atoms with E-state index in [2.05, 4.69) is 20.8 Å². The number of ether oxygens (including phenoxy) is 1. The number of carbonyl (C=O) groups is 1. The summed E-state index contributed by atoms with van der Waals surface area (Å²) in [7, 11) is 1.66. The molecule has 1 aromatic carbocycles. The van der Waals surface area contributed by atoms with Gasteiger partial charge in [-0.25, -0.2) is 4.68 Å². The normalized spacial score (nSPS) is 16.3. The molecule has 0 bridgehead atoms. The molecule has 23 heavy (non-hydrogen) atoms. The third-order valence-corrected chi connectivity index (χ3v) is 4.40. The number of aromatic nitrogens is 2. The maximum Gasteiger partial charge on any atom is 0.167 e. The molecular formula is C19H24N2O2. The first-order chi connectivity index (χ1) is 10.9. The van der Waals surface area contributed by atoms with Gasteiger partial charge in [0.25, 0.3) is 0 Å². The number of hydrogen-bond donors (Lipinski definition) is 0. The maximum atomic E-state index is 12.7. The van der Waals surface area contributed by atoms with Crippen molar-refractivity contribution in [3.8, 4) is 11.4 Å². The second-order valence-electron chi connectivity index (χ2n) is 7.07. The van der Waals surface area contributed by atoms with E-state index < -0.39 is 0 Å². The quantitative estimate of drug-likeness (QED) is 0.857. The smallest absolute Gasteiger partial charge is 0.167 e. The van der Waals surface area contributed by atoms with Crippen LogP contribution in [0.15, 0.2) is 24.3 Å². The average molecular weight is 312 g/mol. The lowest BCUT2D eigenvalue weighted by Crippen LogP contribution is -2.28. The van der Waals surface area contributed by atoms with Crippen LogP contribution < -0.4 is 4.74 Å². The molecule has 1 aliphatic rings. The van der Waals surface area contributed by atoms with Gasteiger partial charge in [0.1, 0.15) is 5.75 Å². The third kappa shape index (κ3) is 2.90. The van der Waals surface area contributed by atoms with Gasteiger partial charge in [-0.3, -0.25) is 4.79 Å². The molecule has 4 heteroatoms. The number of ketones is 1. The number of Topliss-reactive ketones (excluding diaryl/α,β-unsaturated/α-hetero) is 1. The first-order valence-corrected chi connectivity index (χ1v) is 8.23. The van der Waals surface area contributed by atoms with Gasteiger partial charge in [0.2, 0.25) is 0 Å². The minimum absolute atomic E-state index is 0.0236. The molecule has 0 spiro atoms. The fraction of sp³-hybridized carbons (Fsp3) is 0.474. The first-order valence-electron chi connectivity index (χ1n) is 8.23. The molecule has 4 nitrogen and oxygen atoms in total. The summed E-state index contributed by atoms with van der Waals surface area (Å²) in [4.78, 5) is 12.7. The van der Waals surface area contributed by atoms with Crippen LogP contribution in [0, 0.1) is 5.41 Å². The first kappa shape index (κ1) is 15.8. The summed E-state index contributed by atoms with van der Waals surface area (Å²) in [5.74, 6) is 1.03. The highest BCUT2D eigenvalue weighted by molar-refractivity contribution is 6.00. The standard InChI is InChI=1S/C19H24N2O2/c1-5-7-15-18-16(11-19(2,3)12-17(18)22)21(20-15)13-8-6-9-14(10-13)23-4/h6,8-10H,5,7,11-12H2,1-4H3. The number of benzene rings is 1. The van der Waals surface area contributed by atoms with E-state index in [9.17, 15) is 4.79 Å². The number of methoxy groups -OCH3 is 1. The zero-order valence-electron chi connectivity index (χ0n) is 14.3. The fourth-order valence-electron chi connectivity index (χ4n) is 3.40. The molecule has 0 atom stereocenters. The summed E-state index contributed by atoms with van der Waals surface area (Å²) < 4.78 is 7.27. The molecule has 1 heterocycles. The molecule has 0 radical (unpaired) electrons. The van der Waals surface area contributed by atoms with Gasteiger partial charge in [0.15, 0.2) is 5.78 Å². The van der Waals surface area contributed by atoms with Crippen molar-refractivity contribution in [3.05, 3.63) is 41.2 Å². The number of fused-ring (bicyclic) bond motifs is 1.